The van der Waals surface area contributed by atoms with Gasteiger partial charge in [-0.15, -0.1) is 0 Å². The van der Waals surface area contributed by atoms with Crippen LogP contribution in [0.4, 0.5) is 23.0 Å². The molecule has 8 heteroatoms. The molecule has 2 N–H and O–H groups in total. The zero-order chi connectivity index (χ0) is 27.7. The third kappa shape index (κ3) is 6.98. The predicted octanol–water partition coefficient (Wildman–Crippen LogP) is 5.37. The Bertz CT molecular complexity index is 1300. The molecule has 0 aliphatic heterocycles. The molecule has 0 fully saturated rings. The van der Waals surface area contributed by atoms with Gasteiger partial charge in [0.15, 0.2) is 0 Å². The molecule has 0 unspecified atom stereocenters. The van der Waals surface area contributed by atoms with Crippen LogP contribution in [0.2, 0.25) is 0 Å². The van der Waals surface area contributed by atoms with Gasteiger partial charge in [-0.05, 0) is 56.8 Å². The number of carbonyl (C=O) groups excluding carboxylic acids is 1. The quantitative estimate of drug-likeness (QED) is 0.315. The van der Waals surface area contributed by atoms with Crippen molar-refractivity contribution in [3.63, 3.8) is 0 Å². The van der Waals surface area contributed by atoms with E-state index in [2.05, 4.69) is 63.2 Å². The molecule has 1 heterocycles. The summed E-state index contributed by atoms with van der Waals surface area (Å²) in [5.41, 5.74) is 6.34. The van der Waals surface area contributed by atoms with Crippen molar-refractivity contribution in [3.8, 4) is 5.75 Å². The normalized spacial score (nSPS) is 11.3. The molecule has 0 radical (unpaired) electrons. The van der Waals surface area contributed by atoms with Crippen LogP contribution in [0.25, 0.3) is 5.57 Å². The lowest BCUT2D eigenvalue weighted by molar-refractivity contribution is -0.111. The summed E-state index contributed by atoms with van der Waals surface area (Å²) in [6.45, 7) is 9.36. The van der Waals surface area contributed by atoms with Gasteiger partial charge in [-0.2, -0.15) is 0 Å². The van der Waals surface area contributed by atoms with E-state index in [4.69, 9.17) is 9.72 Å². The second-order valence-electron chi connectivity index (χ2n) is 9.09. The number of likely N-dealkylation sites (N-methyl/N-ethyl adjacent to an activating group) is 2. The molecule has 0 bridgehead atoms. The van der Waals surface area contributed by atoms with Crippen LogP contribution in [0.5, 0.6) is 5.75 Å². The van der Waals surface area contributed by atoms with Crippen molar-refractivity contribution >= 4 is 34.5 Å². The van der Waals surface area contributed by atoms with E-state index in [1.165, 1.54) is 11.6 Å². The Labute approximate surface area is 226 Å². The summed E-state index contributed by atoms with van der Waals surface area (Å²) in [4.78, 5) is 25.7. The summed E-state index contributed by atoms with van der Waals surface area (Å²) in [7, 11) is 7.64. The molecule has 0 spiro atoms. The van der Waals surface area contributed by atoms with Gasteiger partial charge in [0.25, 0.3) is 0 Å². The number of hydrogen-bond donors (Lipinski definition) is 2. The molecule has 0 aliphatic rings. The maximum absolute atomic E-state index is 12.2. The largest absolute Gasteiger partial charge is 0.494 e. The zero-order valence-electron chi connectivity index (χ0n) is 23.2. The first-order valence-electron chi connectivity index (χ1n) is 12.7. The van der Waals surface area contributed by atoms with Gasteiger partial charge in [-0.25, -0.2) is 9.97 Å². The first-order chi connectivity index (χ1) is 18.3. The molecule has 0 saturated heterocycles. The van der Waals surface area contributed by atoms with Gasteiger partial charge in [0.05, 0.1) is 29.9 Å². The fraction of sp³-hybridized carbons (Fsp3) is 0.300. The standard InChI is InChI=1S/C30H38N6O2/c1-8-21-13-11-12-14-23(21)22(9-2)24-15-16-31-30(33-24)34-26-19-25(32-29(37)10-3)27(20-28(26)38-7)36(6)18-17-35(4)5/h9-16,19-20H,3,8,17-18H2,1-2,4-7H3,(H,32,37)(H,31,33,34)/b22-9+. The highest BCUT2D eigenvalue weighted by Crippen LogP contribution is 2.38. The van der Waals surface area contributed by atoms with Crippen LogP contribution in [0, 0.1) is 0 Å². The van der Waals surface area contributed by atoms with Crippen molar-refractivity contribution < 1.29 is 9.53 Å². The molecule has 0 aliphatic carbocycles. The van der Waals surface area contributed by atoms with E-state index in [1.54, 1.807) is 13.3 Å². The molecule has 0 saturated carbocycles. The Morgan fingerprint density at radius 1 is 1.11 bits per heavy atom. The van der Waals surface area contributed by atoms with Gasteiger partial charge >= 0.3 is 0 Å². The van der Waals surface area contributed by atoms with Gasteiger partial charge in [0, 0.05) is 38.0 Å². The molecular formula is C30H38N6O2. The molecule has 3 rings (SSSR count). The van der Waals surface area contributed by atoms with Crippen LogP contribution < -0.4 is 20.3 Å². The molecular weight excluding hydrogens is 476 g/mol. The fourth-order valence-corrected chi connectivity index (χ4v) is 4.13. The van der Waals surface area contributed by atoms with Crippen molar-refractivity contribution in [1.29, 1.82) is 0 Å². The van der Waals surface area contributed by atoms with Gasteiger partial charge in [-0.3, -0.25) is 4.79 Å². The Hall–Kier alpha value is -4.17. The summed E-state index contributed by atoms with van der Waals surface area (Å²) >= 11 is 0. The second-order valence-corrected chi connectivity index (χ2v) is 9.09. The Morgan fingerprint density at radius 2 is 1.87 bits per heavy atom. The van der Waals surface area contributed by atoms with E-state index in [-0.39, 0.29) is 5.91 Å². The topological polar surface area (TPSA) is 82.6 Å². The number of nitrogens with one attached hydrogen (secondary N) is 2. The van der Waals surface area contributed by atoms with Crippen LogP contribution in [0.15, 0.2) is 67.4 Å². The fourth-order valence-electron chi connectivity index (χ4n) is 4.13. The third-order valence-electron chi connectivity index (χ3n) is 6.21. The summed E-state index contributed by atoms with van der Waals surface area (Å²) in [5.74, 6) is 0.725. The molecule has 3 aromatic rings. The van der Waals surface area contributed by atoms with Crippen molar-refractivity contribution in [2.24, 2.45) is 0 Å². The maximum Gasteiger partial charge on any atom is 0.247 e. The molecule has 38 heavy (non-hydrogen) atoms. The number of ether oxygens (including phenoxy) is 1. The SMILES string of the molecule is C=CC(=O)Nc1cc(Nc2nccc(/C(=C/C)c3ccccc3CC)n2)c(OC)cc1N(C)CCN(C)C. The van der Waals surface area contributed by atoms with Gasteiger partial charge in [0.2, 0.25) is 11.9 Å². The molecule has 2 aromatic carbocycles. The minimum absolute atomic E-state index is 0.297. The van der Waals surface area contributed by atoms with E-state index in [0.29, 0.717) is 23.1 Å². The number of aromatic nitrogens is 2. The number of anilines is 4. The van der Waals surface area contributed by atoms with Gasteiger partial charge in [0.1, 0.15) is 5.75 Å². The van der Waals surface area contributed by atoms with E-state index in [1.807, 2.05) is 52.3 Å². The zero-order valence-corrected chi connectivity index (χ0v) is 23.2. The number of rotatable bonds is 12. The first-order valence-corrected chi connectivity index (χ1v) is 12.7. The molecule has 1 aromatic heterocycles. The van der Waals surface area contributed by atoms with E-state index >= 15 is 0 Å². The number of aryl methyl sites for hydroxylation is 1. The average Bonchev–Trinajstić information content (AvgIpc) is 2.92. The Balaban J connectivity index is 2.00. The van der Waals surface area contributed by atoms with Crippen LogP contribution >= 0.6 is 0 Å². The smallest absolute Gasteiger partial charge is 0.247 e. The van der Waals surface area contributed by atoms with Crippen LogP contribution in [-0.2, 0) is 11.2 Å². The lowest BCUT2D eigenvalue weighted by atomic mass is 9.95. The Kier molecular flexibility index (Phi) is 10.0. The predicted molar refractivity (Wildman–Crippen MR) is 158 cm³/mol. The number of nitrogens with zero attached hydrogens (tertiary/aromatic N) is 4. The number of carbonyl (C=O) groups is 1. The highest BCUT2D eigenvalue weighted by Gasteiger charge is 2.17. The molecule has 8 nitrogen and oxygen atoms in total. The first kappa shape index (κ1) is 28.4. The third-order valence-corrected chi connectivity index (χ3v) is 6.21. The number of benzene rings is 2. The monoisotopic (exact) mass is 514 g/mol. The minimum Gasteiger partial charge on any atom is -0.494 e. The van der Waals surface area contributed by atoms with Crippen molar-refractivity contribution in [1.82, 2.24) is 14.9 Å². The number of allylic oxidation sites excluding steroid dienone is 1. The number of amides is 1. The average molecular weight is 515 g/mol. The molecule has 200 valence electrons. The van der Waals surface area contributed by atoms with E-state index in [0.717, 1.165) is 42.0 Å². The summed E-state index contributed by atoms with van der Waals surface area (Å²) in [5, 5.41) is 6.21. The molecule has 0 atom stereocenters. The minimum atomic E-state index is -0.297. The maximum atomic E-state index is 12.2. The summed E-state index contributed by atoms with van der Waals surface area (Å²) < 4.78 is 5.72. The summed E-state index contributed by atoms with van der Waals surface area (Å²) in [6, 6.07) is 14.0. The van der Waals surface area contributed by atoms with Crippen LogP contribution in [0.3, 0.4) is 0 Å². The van der Waals surface area contributed by atoms with Gasteiger partial charge < -0.3 is 25.2 Å². The summed E-state index contributed by atoms with van der Waals surface area (Å²) in [6.07, 6.45) is 5.98. The van der Waals surface area contributed by atoms with Crippen LogP contribution in [-0.4, -0.2) is 62.1 Å². The lowest BCUT2D eigenvalue weighted by Crippen LogP contribution is -2.29. The second kappa shape index (κ2) is 13.4. The van der Waals surface area contributed by atoms with Gasteiger partial charge in [-0.1, -0.05) is 43.8 Å². The molecule has 1 amide bonds. The lowest BCUT2D eigenvalue weighted by Gasteiger charge is -2.26. The van der Waals surface area contributed by atoms with E-state index < -0.39 is 0 Å². The number of methoxy groups -OCH3 is 1. The van der Waals surface area contributed by atoms with Crippen LogP contribution in [0.1, 0.15) is 30.7 Å². The van der Waals surface area contributed by atoms with Crippen molar-refractivity contribution in [2.75, 3.05) is 56.9 Å². The number of hydrogen-bond acceptors (Lipinski definition) is 7. The highest BCUT2D eigenvalue weighted by molar-refractivity contribution is 6.02. The van der Waals surface area contributed by atoms with Crippen molar-refractivity contribution in [2.45, 2.75) is 20.3 Å². The highest BCUT2D eigenvalue weighted by atomic mass is 16.5. The van der Waals surface area contributed by atoms with Crippen molar-refractivity contribution in [3.05, 3.63) is 84.2 Å². The van der Waals surface area contributed by atoms with E-state index in [9.17, 15) is 4.79 Å². The Morgan fingerprint density at radius 3 is 2.53 bits per heavy atom.